The Kier molecular flexibility index (Phi) is 7.52. The number of hydrogen-bond acceptors (Lipinski definition) is 1. The summed E-state index contributed by atoms with van der Waals surface area (Å²) in [5, 5.41) is 17.6. The lowest BCUT2D eigenvalue weighted by molar-refractivity contribution is 1.01. The lowest BCUT2D eigenvalue weighted by atomic mass is 9.91. The van der Waals surface area contributed by atoms with Gasteiger partial charge in [0.2, 0.25) is 0 Å². The van der Waals surface area contributed by atoms with Crippen LogP contribution in [0.4, 0.5) is 5.69 Å². The Morgan fingerprint density at radius 2 is 0.922 bits per heavy atom. The number of benzene rings is 11. The number of aliphatic imine (C=N–C) groups is 1. The maximum Gasteiger partial charge on any atom is 0.145 e. The van der Waals surface area contributed by atoms with Gasteiger partial charge in [-0.05, 0) is 115 Å². The molecule has 0 saturated heterocycles. The number of rotatable bonds is 2. The second-order valence-corrected chi connectivity index (χ2v) is 17.3. The minimum absolute atomic E-state index is 0.870. The van der Waals surface area contributed by atoms with E-state index in [9.17, 15) is 0 Å². The van der Waals surface area contributed by atoms with Gasteiger partial charge in [0, 0.05) is 38.2 Å². The molecule has 0 fully saturated rings. The molecule has 0 bridgehead atoms. The zero-order valence-corrected chi connectivity index (χ0v) is 35.0. The third-order valence-corrected chi connectivity index (χ3v) is 14.0. The zero-order valence-electron chi connectivity index (χ0n) is 35.0. The molecule has 3 heterocycles. The Morgan fingerprint density at radius 3 is 1.72 bits per heavy atom. The minimum atomic E-state index is 0.870. The Bertz CT molecular complexity index is 4150. The quantitative estimate of drug-likeness (QED) is 0.155. The first kappa shape index (κ1) is 35.3. The van der Waals surface area contributed by atoms with E-state index in [1.165, 1.54) is 92.0 Å². The summed E-state index contributed by atoms with van der Waals surface area (Å²) in [5.74, 6) is 0.928. The monoisotopic (exact) mass is 813 g/mol. The second-order valence-electron chi connectivity index (χ2n) is 17.3. The molecule has 0 unspecified atom stereocenters. The maximum absolute atomic E-state index is 5.93. The topological polar surface area (TPSA) is 22.2 Å². The summed E-state index contributed by atoms with van der Waals surface area (Å²) >= 11 is 0. The second kappa shape index (κ2) is 13.6. The van der Waals surface area contributed by atoms with Crippen molar-refractivity contribution in [1.29, 1.82) is 0 Å². The maximum atomic E-state index is 5.93. The molecular weight excluding hydrogens is 775 g/mol. The molecular formula is C61H39N3. The summed E-state index contributed by atoms with van der Waals surface area (Å²) in [7, 11) is 0. The van der Waals surface area contributed by atoms with Crippen LogP contribution in [0.5, 0.6) is 0 Å². The van der Waals surface area contributed by atoms with Crippen molar-refractivity contribution in [2.75, 3.05) is 0 Å². The highest BCUT2D eigenvalue weighted by Gasteiger charge is 2.26. The van der Waals surface area contributed by atoms with Gasteiger partial charge in [-0.3, -0.25) is 4.57 Å². The Morgan fingerprint density at radius 1 is 0.359 bits per heavy atom. The fourth-order valence-corrected chi connectivity index (χ4v) is 11.2. The number of para-hydroxylation sites is 2. The van der Waals surface area contributed by atoms with Crippen molar-refractivity contribution in [3.63, 3.8) is 0 Å². The Hall–Kier alpha value is -8.27. The van der Waals surface area contributed by atoms with E-state index < -0.39 is 0 Å². The molecule has 0 N–H and O–H groups in total. The van der Waals surface area contributed by atoms with Crippen molar-refractivity contribution in [3.8, 4) is 5.69 Å². The van der Waals surface area contributed by atoms with E-state index in [-0.39, 0.29) is 0 Å². The van der Waals surface area contributed by atoms with Crippen molar-refractivity contribution < 1.29 is 0 Å². The average molecular weight is 814 g/mol. The highest BCUT2D eigenvalue weighted by atomic mass is 15.1. The molecule has 0 amide bonds. The number of hydrogen-bond donors (Lipinski definition) is 0. The molecule has 3 heteroatoms. The van der Waals surface area contributed by atoms with Crippen LogP contribution in [-0.4, -0.2) is 15.0 Å². The van der Waals surface area contributed by atoms with E-state index in [1.807, 2.05) is 0 Å². The lowest BCUT2D eigenvalue weighted by Crippen LogP contribution is -2.15. The largest absolute Gasteiger partial charge is 0.309 e. The fraction of sp³-hybridized carbons (Fsp3) is 0.0328. The predicted octanol–water partition coefficient (Wildman–Crippen LogP) is 16.3. The van der Waals surface area contributed by atoms with Crippen molar-refractivity contribution in [2.24, 2.45) is 4.99 Å². The Labute approximate surface area is 369 Å². The van der Waals surface area contributed by atoms with Gasteiger partial charge < -0.3 is 4.57 Å². The van der Waals surface area contributed by atoms with Gasteiger partial charge in [0.1, 0.15) is 5.84 Å². The van der Waals surface area contributed by atoms with Crippen LogP contribution < -0.4 is 0 Å². The van der Waals surface area contributed by atoms with Crippen molar-refractivity contribution >= 4 is 115 Å². The Balaban J connectivity index is 1.14. The van der Waals surface area contributed by atoms with Gasteiger partial charge in [0.25, 0.3) is 0 Å². The van der Waals surface area contributed by atoms with E-state index in [0.717, 1.165) is 52.2 Å². The first-order chi connectivity index (χ1) is 31.8. The summed E-state index contributed by atoms with van der Waals surface area (Å²) in [5.41, 5.74) is 10.4. The van der Waals surface area contributed by atoms with E-state index >= 15 is 0 Å². The molecule has 1 aliphatic rings. The standard InChI is InChI=1S/C61H39N3/c1-2-17-41(18-3-1)63-54-28-13-12-24-49(54)50-32-29-40(37-57(50)63)44-26-14-27-48-42-19-6-4-15-38(42)30-34-53(48)62-61(44)64-55-35-31-39-16-5-7-20-43(39)59(55)60-56(64)36-33-52-47-23-9-8-21-45(47)46-22-10-11-25-51(46)58(52)60/h1-13,15-26,28-37H,14,27H2/b44-26-,62-61+. The molecule has 298 valence electrons. The van der Waals surface area contributed by atoms with E-state index in [0.29, 0.717) is 0 Å². The van der Waals surface area contributed by atoms with Gasteiger partial charge in [0.05, 0.1) is 27.8 Å². The number of aryl methyl sites for hydroxylation is 1. The van der Waals surface area contributed by atoms with Crippen LogP contribution >= 0.6 is 0 Å². The first-order valence-electron chi connectivity index (χ1n) is 22.4. The highest BCUT2D eigenvalue weighted by molar-refractivity contribution is 6.40. The van der Waals surface area contributed by atoms with Crippen LogP contribution in [0.15, 0.2) is 217 Å². The van der Waals surface area contributed by atoms with Gasteiger partial charge in [-0.2, -0.15) is 0 Å². The van der Waals surface area contributed by atoms with Gasteiger partial charge >= 0.3 is 0 Å². The van der Waals surface area contributed by atoms with Crippen LogP contribution in [0.2, 0.25) is 0 Å². The van der Waals surface area contributed by atoms with Gasteiger partial charge in [-0.1, -0.05) is 170 Å². The predicted molar refractivity (Wildman–Crippen MR) is 273 cm³/mol. The van der Waals surface area contributed by atoms with Crippen molar-refractivity contribution in [2.45, 2.75) is 12.8 Å². The molecule has 0 spiro atoms. The smallest absolute Gasteiger partial charge is 0.145 e. The van der Waals surface area contributed by atoms with Crippen LogP contribution in [0.25, 0.3) is 109 Å². The van der Waals surface area contributed by atoms with Gasteiger partial charge in [0.15, 0.2) is 0 Å². The fourth-order valence-electron chi connectivity index (χ4n) is 11.2. The van der Waals surface area contributed by atoms with Crippen LogP contribution in [0.1, 0.15) is 17.5 Å². The number of nitrogens with zero attached hydrogens (tertiary/aromatic N) is 3. The third-order valence-electron chi connectivity index (χ3n) is 14.0. The van der Waals surface area contributed by atoms with Gasteiger partial charge in [-0.25, -0.2) is 4.99 Å². The molecule has 0 radical (unpaired) electrons. The third kappa shape index (κ3) is 5.01. The minimum Gasteiger partial charge on any atom is -0.309 e. The number of allylic oxidation sites excluding steroid dienone is 2. The summed E-state index contributed by atoms with van der Waals surface area (Å²) in [6, 6.07) is 76.0. The van der Waals surface area contributed by atoms with E-state index in [1.54, 1.807) is 0 Å². The summed E-state index contributed by atoms with van der Waals surface area (Å²) in [6.45, 7) is 0. The number of fused-ring (bicyclic) bond motifs is 18. The SMILES string of the molecule is C1=C(c2ccc3c4ccccc4n(-c4ccccc4)c3c2)\C(n2c3ccc4ccccc4c3c3c4c5ccccc5c5ccccc5c4ccc32)=N/c2ccc3ccccc3c2CC/1. The molecule has 64 heavy (non-hydrogen) atoms. The summed E-state index contributed by atoms with van der Waals surface area (Å²) < 4.78 is 4.91. The number of aromatic nitrogens is 2. The van der Waals surface area contributed by atoms with Gasteiger partial charge in [-0.15, -0.1) is 0 Å². The van der Waals surface area contributed by atoms with Crippen LogP contribution in [-0.2, 0) is 6.42 Å². The van der Waals surface area contributed by atoms with E-state index in [2.05, 4.69) is 221 Å². The molecule has 0 aliphatic carbocycles. The normalized spacial score (nSPS) is 15.0. The zero-order chi connectivity index (χ0) is 41.9. The van der Waals surface area contributed by atoms with Crippen LogP contribution in [0.3, 0.4) is 0 Å². The first-order valence-corrected chi connectivity index (χ1v) is 22.4. The highest BCUT2D eigenvalue weighted by Crippen LogP contribution is 2.46. The molecule has 1 aliphatic heterocycles. The lowest BCUT2D eigenvalue weighted by Gasteiger charge is -2.20. The molecule has 2 aromatic heterocycles. The average Bonchev–Trinajstić information content (AvgIpc) is 3.87. The summed E-state index contributed by atoms with van der Waals surface area (Å²) in [4.78, 5) is 5.93. The molecule has 0 saturated carbocycles. The molecule has 11 aromatic carbocycles. The molecule has 14 rings (SSSR count). The van der Waals surface area contributed by atoms with Crippen molar-refractivity contribution in [3.05, 3.63) is 223 Å². The molecule has 0 atom stereocenters. The summed E-state index contributed by atoms with van der Waals surface area (Å²) in [6.07, 6.45) is 4.22. The molecule has 3 nitrogen and oxygen atoms in total. The van der Waals surface area contributed by atoms with Crippen LogP contribution in [0, 0.1) is 0 Å². The van der Waals surface area contributed by atoms with Crippen molar-refractivity contribution in [1.82, 2.24) is 9.13 Å². The van der Waals surface area contributed by atoms with E-state index in [4.69, 9.17) is 4.99 Å². The molecule has 13 aromatic rings.